The van der Waals surface area contributed by atoms with Gasteiger partial charge in [0.05, 0.1) is 0 Å². The largest absolute Gasteiger partial charge is 0.351 e. The lowest BCUT2D eigenvalue weighted by molar-refractivity contribution is -0.135. The van der Waals surface area contributed by atoms with Gasteiger partial charge in [0.15, 0.2) is 0 Å². The summed E-state index contributed by atoms with van der Waals surface area (Å²) in [6, 6.07) is 15.5. The lowest BCUT2D eigenvalue weighted by Crippen LogP contribution is -2.47. The first-order chi connectivity index (χ1) is 14.1. The van der Waals surface area contributed by atoms with Gasteiger partial charge in [-0.1, -0.05) is 48.5 Å². The Hall–Kier alpha value is -3.15. The zero-order valence-electron chi connectivity index (χ0n) is 16.1. The molecule has 2 N–H and O–H groups in total. The SMILES string of the molecule is O=C(CN1C(=O)NC2(CCc3ccccc32)C1=O)NC1CCc2ccccc2C1. The van der Waals surface area contributed by atoms with E-state index < -0.39 is 11.6 Å². The van der Waals surface area contributed by atoms with Crippen molar-refractivity contribution in [1.82, 2.24) is 15.5 Å². The van der Waals surface area contributed by atoms with Crippen molar-refractivity contribution in [2.75, 3.05) is 6.54 Å². The maximum atomic E-state index is 13.2. The van der Waals surface area contributed by atoms with E-state index in [0.717, 1.165) is 41.7 Å². The molecule has 1 aliphatic heterocycles. The molecule has 5 rings (SSSR count). The highest BCUT2D eigenvalue weighted by Crippen LogP contribution is 2.41. The van der Waals surface area contributed by atoms with Crippen LogP contribution in [0.1, 0.15) is 35.1 Å². The Balaban J connectivity index is 1.27. The summed E-state index contributed by atoms with van der Waals surface area (Å²) in [5.74, 6) is -0.613. The van der Waals surface area contributed by atoms with Crippen molar-refractivity contribution in [2.24, 2.45) is 0 Å². The van der Waals surface area contributed by atoms with E-state index in [1.807, 2.05) is 36.4 Å². The third-order valence-corrected chi connectivity index (χ3v) is 6.44. The molecule has 2 aromatic rings. The van der Waals surface area contributed by atoms with Crippen LogP contribution in [0.25, 0.3) is 0 Å². The Kier molecular flexibility index (Phi) is 4.15. The van der Waals surface area contributed by atoms with Crippen molar-refractivity contribution in [3.63, 3.8) is 0 Å². The Morgan fingerprint density at radius 3 is 2.59 bits per heavy atom. The molecule has 6 nitrogen and oxygen atoms in total. The number of hydrogen-bond donors (Lipinski definition) is 2. The number of rotatable bonds is 3. The fraction of sp³-hybridized carbons (Fsp3) is 0.348. The summed E-state index contributed by atoms with van der Waals surface area (Å²) in [5, 5.41) is 5.88. The molecule has 29 heavy (non-hydrogen) atoms. The van der Waals surface area contributed by atoms with Gasteiger partial charge in [-0.25, -0.2) is 4.79 Å². The molecule has 1 fully saturated rings. The minimum Gasteiger partial charge on any atom is -0.351 e. The lowest BCUT2D eigenvalue weighted by atomic mass is 9.88. The Morgan fingerprint density at radius 2 is 1.76 bits per heavy atom. The van der Waals surface area contributed by atoms with E-state index in [9.17, 15) is 14.4 Å². The van der Waals surface area contributed by atoms with Gasteiger partial charge >= 0.3 is 6.03 Å². The van der Waals surface area contributed by atoms with Crippen LogP contribution in [0.4, 0.5) is 4.79 Å². The number of carbonyl (C=O) groups excluding carboxylic acids is 3. The number of nitrogens with one attached hydrogen (secondary N) is 2. The van der Waals surface area contributed by atoms with Crippen molar-refractivity contribution in [1.29, 1.82) is 0 Å². The number of fused-ring (bicyclic) bond motifs is 3. The topological polar surface area (TPSA) is 78.5 Å². The summed E-state index contributed by atoms with van der Waals surface area (Å²) >= 11 is 0. The van der Waals surface area contributed by atoms with E-state index in [1.165, 1.54) is 11.1 Å². The smallest absolute Gasteiger partial charge is 0.325 e. The number of hydrogen-bond acceptors (Lipinski definition) is 3. The molecule has 2 aromatic carbocycles. The maximum Gasteiger partial charge on any atom is 0.325 e. The predicted molar refractivity (Wildman–Crippen MR) is 107 cm³/mol. The Bertz CT molecular complexity index is 1020. The molecule has 0 saturated carbocycles. The molecule has 0 bridgehead atoms. The van der Waals surface area contributed by atoms with Gasteiger partial charge in [-0.3, -0.25) is 14.5 Å². The molecule has 2 aliphatic carbocycles. The van der Waals surface area contributed by atoms with Gasteiger partial charge in [-0.2, -0.15) is 0 Å². The highest BCUT2D eigenvalue weighted by Gasteiger charge is 2.55. The highest BCUT2D eigenvalue weighted by atomic mass is 16.2. The number of nitrogens with zero attached hydrogens (tertiary/aromatic N) is 1. The van der Waals surface area contributed by atoms with Crippen LogP contribution < -0.4 is 10.6 Å². The second kappa shape index (κ2) is 6.72. The first kappa shape index (κ1) is 17.9. The molecule has 148 valence electrons. The third kappa shape index (κ3) is 2.90. The van der Waals surface area contributed by atoms with Gasteiger partial charge < -0.3 is 10.6 Å². The van der Waals surface area contributed by atoms with Gasteiger partial charge in [-0.15, -0.1) is 0 Å². The molecule has 4 amide bonds. The Morgan fingerprint density at radius 1 is 1.03 bits per heavy atom. The Labute approximate surface area is 169 Å². The summed E-state index contributed by atoms with van der Waals surface area (Å²) in [6.07, 6.45) is 3.84. The summed E-state index contributed by atoms with van der Waals surface area (Å²) in [7, 11) is 0. The summed E-state index contributed by atoms with van der Waals surface area (Å²) in [5.41, 5.74) is 3.49. The van der Waals surface area contributed by atoms with Crippen LogP contribution in [0.5, 0.6) is 0 Å². The van der Waals surface area contributed by atoms with E-state index in [-0.39, 0.29) is 24.4 Å². The van der Waals surface area contributed by atoms with Crippen LogP contribution in [0.2, 0.25) is 0 Å². The minimum atomic E-state index is -1.02. The fourth-order valence-electron chi connectivity index (χ4n) is 4.97. The molecule has 1 spiro atoms. The van der Waals surface area contributed by atoms with Crippen LogP contribution >= 0.6 is 0 Å². The zero-order valence-corrected chi connectivity index (χ0v) is 16.1. The molecule has 1 saturated heterocycles. The zero-order chi connectivity index (χ0) is 20.0. The average Bonchev–Trinajstić information content (AvgIpc) is 3.21. The number of imide groups is 1. The molecule has 0 aromatic heterocycles. The standard InChI is InChI=1S/C23H23N3O3/c27-20(24-18-10-9-15-5-1-2-7-17(15)13-18)14-26-21(28)23(25-22(26)29)12-11-16-6-3-4-8-19(16)23/h1-8,18H,9-14H2,(H,24,27)(H,25,29). The minimum absolute atomic E-state index is 0.0272. The average molecular weight is 389 g/mol. The van der Waals surface area contributed by atoms with Gasteiger partial charge in [0.2, 0.25) is 5.91 Å². The lowest BCUT2D eigenvalue weighted by Gasteiger charge is -2.26. The highest BCUT2D eigenvalue weighted by molar-refractivity contribution is 6.09. The molecule has 2 atom stereocenters. The van der Waals surface area contributed by atoms with Crippen LogP contribution in [0.15, 0.2) is 48.5 Å². The van der Waals surface area contributed by atoms with E-state index in [2.05, 4.69) is 22.8 Å². The number of urea groups is 1. The van der Waals surface area contributed by atoms with Gasteiger partial charge in [0.25, 0.3) is 5.91 Å². The van der Waals surface area contributed by atoms with E-state index in [1.54, 1.807) is 0 Å². The first-order valence-electron chi connectivity index (χ1n) is 10.2. The fourth-order valence-corrected chi connectivity index (χ4v) is 4.97. The number of benzene rings is 2. The quantitative estimate of drug-likeness (QED) is 0.789. The molecule has 0 radical (unpaired) electrons. The molecular weight excluding hydrogens is 366 g/mol. The van der Waals surface area contributed by atoms with Gasteiger partial charge in [0, 0.05) is 6.04 Å². The second-order valence-electron chi connectivity index (χ2n) is 8.16. The van der Waals surface area contributed by atoms with Crippen molar-refractivity contribution >= 4 is 17.8 Å². The van der Waals surface area contributed by atoms with Crippen LogP contribution in [0, 0.1) is 0 Å². The molecule has 2 unspecified atom stereocenters. The number of carbonyl (C=O) groups is 3. The van der Waals surface area contributed by atoms with Crippen molar-refractivity contribution in [3.8, 4) is 0 Å². The van der Waals surface area contributed by atoms with Crippen molar-refractivity contribution in [2.45, 2.75) is 43.7 Å². The molecule has 3 aliphatic rings. The van der Waals surface area contributed by atoms with Crippen LogP contribution in [-0.2, 0) is 34.4 Å². The normalized spacial score (nSPS) is 25.0. The van der Waals surface area contributed by atoms with E-state index in [0.29, 0.717) is 6.42 Å². The number of amides is 4. The monoisotopic (exact) mass is 389 g/mol. The third-order valence-electron chi connectivity index (χ3n) is 6.44. The summed E-state index contributed by atoms with van der Waals surface area (Å²) in [6.45, 7) is -0.243. The van der Waals surface area contributed by atoms with Crippen molar-refractivity contribution in [3.05, 3.63) is 70.8 Å². The van der Waals surface area contributed by atoms with Crippen LogP contribution in [-0.4, -0.2) is 35.3 Å². The first-order valence-corrected chi connectivity index (χ1v) is 10.2. The molecular formula is C23H23N3O3. The van der Waals surface area contributed by atoms with Crippen molar-refractivity contribution < 1.29 is 14.4 Å². The molecule has 1 heterocycles. The van der Waals surface area contributed by atoms with Gasteiger partial charge in [0.1, 0.15) is 12.1 Å². The van der Waals surface area contributed by atoms with E-state index in [4.69, 9.17) is 0 Å². The summed E-state index contributed by atoms with van der Waals surface area (Å²) < 4.78 is 0. The van der Waals surface area contributed by atoms with Crippen LogP contribution in [0.3, 0.4) is 0 Å². The van der Waals surface area contributed by atoms with Gasteiger partial charge in [-0.05, 0) is 54.4 Å². The molecule has 6 heteroatoms. The second-order valence-corrected chi connectivity index (χ2v) is 8.16. The maximum absolute atomic E-state index is 13.2. The summed E-state index contributed by atoms with van der Waals surface area (Å²) in [4.78, 5) is 39.4. The number of aryl methyl sites for hydroxylation is 2. The predicted octanol–water partition coefficient (Wildman–Crippen LogP) is 2.05. The van der Waals surface area contributed by atoms with E-state index >= 15 is 0 Å².